The Bertz CT molecular complexity index is 670. The second-order valence-electron chi connectivity index (χ2n) is 5.96. The smallest absolute Gasteiger partial charge is 0.251 e. The summed E-state index contributed by atoms with van der Waals surface area (Å²) < 4.78 is 11.6. The van der Waals surface area contributed by atoms with Gasteiger partial charge in [0.1, 0.15) is 0 Å². The van der Waals surface area contributed by atoms with E-state index in [1.54, 1.807) is 12.1 Å². The van der Waals surface area contributed by atoms with Crippen LogP contribution in [0.5, 0.6) is 11.5 Å². The van der Waals surface area contributed by atoms with Gasteiger partial charge in [0.15, 0.2) is 11.5 Å². The van der Waals surface area contributed by atoms with Crippen LogP contribution in [0.15, 0.2) is 48.5 Å². The van der Waals surface area contributed by atoms with E-state index in [0.717, 1.165) is 29.9 Å². The van der Waals surface area contributed by atoms with Gasteiger partial charge in [0.25, 0.3) is 5.91 Å². The first-order valence-electron chi connectivity index (χ1n) is 8.91. The maximum atomic E-state index is 12.3. The summed E-state index contributed by atoms with van der Waals surface area (Å²) in [6.45, 7) is 7.40. The van der Waals surface area contributed by atoms with Crippen LogP contribution < -0.4 is 14.8 Å². The number of rotatable bonds is 9. The van der Waals surface area contributed by atoms with E-state index in [0.29, 0.717) is 18.8 Å². The first kappa shape index (κ1) is 18.8. The van der Waals surface area contributed by atoms with Crippen molar-refractivity contribution in [2.45, 2.75) is 39.7 Å². The molecule has 2 aromatic rings. The van der Waals surface area contributed by atoms with Crippen molar-refractivity contribution in [3.63, 3.8) is 0 Å². The van der Waals surface area contributed by atoms with E-state index in [2.05, 4.69) is 19.2 Å². The number of hydrogen-bond acceptors (Lipinski definition) is 3. The Morgan fingerprint density at radius 1 is 0.960 bits per heavy atom. The Morgan fingerprint density at radius 2 is 1.60 bits per heavy atom. The van der Waals surface area contributed by atoms with Crippen LogP contribution in [0.25, 0.3) is 0 Å². The number of ether oxygens (including phenoxy) is 2. The van der Waals surface area contributed by atoms with E-state index >= 15 is 0 Å². The van der Waals surface area contributed by atoms with E-state index in [4.69, 9.17) is 9.47 Å². The zero-order chi connectivity index (χ0) is 18.1. The van der Waals surface area contributed by atoms with Gasteiger partial charge in [-0.1, -0.05) is 38.1 Å². The van der Waals surface area contributed by atoms with Gasteiger partial charge in [-0.2, -0.15) is 0 Å². The topological polar surface area (TPSA) is 47.6 Å². The van der Waals surface area contributed by atoms with Gasteiger partial charge >= 0.3 is 0 Å². The maximum absolute atomic E-state index is 12.3. The number of carbonyl (C=O) groups excluding carboxylic acids is 1. The minimum atomic E-state index is -0.128. The molecule has 0 aliphatic heterocycles. The van der Waals surface area contributed by atoms with E-state index in [9.17, 15) is 4.79 Å². The van der Waals surface area contributed by atoms with Crippen molar-refractivity contribution in [2.75, 3.05) is 13.2 Å². The minimum Gasteiger partial charge on any atom is -0.490 e. The summed E-state index contributed by atoms with van der Waals surface area (Å²) in [7, 11) is 0. The van der Waals surface area contributed by atoms with E-state index in [1.165, 1.54) is 0 Å². The first-order chi connectivity index (χ1) is 12.2. The number of benzene rings is 2. The van der Waals surface area contributed by atoms with Crippen molar-refractivity contribution in [1.82, 2.24) is 5.32 Å². The Labute approximate surface area is 150 Å². The van der Waals surface area contributed by atoms with Crippen molar-refractivity contribution >= 4 is 5.91 Å². The molecule has 4 heteroatoms. The van der Waals surface area contributed by atoms with Gasteiger partial charge in [0.2, 0.25) is 0 Å². The van der Waals surface area contributed by atoms with Gasteiger partial charge in [-0.3, -0.25) is 4.79 Å². The van der Waals surface area contributed by atoms with Gasteiger partial charge in [-0.15, -0.1) is 0 Å². The van der Waals surface area contributed by atoms with Gasteiger partial charge in [0.05, 0.1) is 19.3 Å². The third-order valence-corrected chi connectivity index (χ3v) is 3.77. The normalized spacial score (nSPS) is 11.6. The summed E-state index contributed by atoms with van der Waals surface area (Å²) in [4.78, 5) is 12.3. The van der Waals surface area contributed by atoms with Crippen LogP contribution in [0.2, 0.25) is 0 Å². The van der Waals surface area contributed by atoms with Crippen LogP contribution in [-0.4, -0.2) is 19.1 Å². The third-order valence-electron chi connectivity index (χ3n) is 3.77. The van der Waals surface area contributed by atoms with E-state index in [-0.39, 0.29) is 11.9 Å². The molecule has 1 amide bonds. The second-order valence-corrected chi connectivity index (χ2v) is 5.96. The predicted octanol–water partition coefficient (Wildman–Crippen LogP) is 4.76. The lowest BCUT2D eigenvalue weighted by atomic mass is 10.1. The molecule has 1 N–H and O–H groups in total. The summed E-state index contributed by atoms with van der Waals surface area (Å²) in [5, 5.41) is 3.02. The molecule has 134 valence electrons. The lowest BCUT2D eigenvalue weighted by Crippen LogP contribution is -2.26. The van der Waals surface area contributed by atoms with E-state index < -0.39 is 0 Å². The van der Waals surface area contributed by atoms with Crippen molar-refractivity contribution in [1.29, 1.82) is 0 Å². The molecule has 0 spiro atoms. The van der Waals surface area contributed by atoms with Crippen molar-refractivity contribution in [3.8, 4) is 11.5 Å². The van der Waals surface area contributed by atoms with Crippen molar-refractivity contribution < 1.29 is 14.3 Å². The monoisotopic (exact) mass is 341 g/mol. The molecule has 1 atom stereocenters. The van der Waals surface area contributed by atoms with Crippen LogP contribution in [0.3, 0.4) is 0 Å². The average Bonchev–Trinajstić information content (AvgIpc) is 2.65. The Kier molecular flexibility index (Phi) is 7.33. The van der Waals surface area contributed by atoms with Crippen LogP contribution in [0, 0.1) is 0 Å². The fourth-order valence-electron chi connectivity index (χ4n) is 2.40. The third kappa shape index (κ3) is 5.52. The lowest BCUT2D eigenvalue weighted by Gasteiger charge is -2.18. The highest BCUT2D eigenvalue weighted by atomic mass is 16.5. The molecule has 2 rings (SSSR count). The molecule has 0 fully saturated rings. The average molecular weight is 341 g/mol. The zero-order valence-electron chi connectivity index (χ0n) is 15.2. The highest BCUT2D eigenvalue weighted by Gasteiger charge is 2.14. The summed E-state index contributed by atoms with van der Waals surface area (Å²) in [6.07, 6.45) is 1.87. The molecule has 0 saturated heterocycles. The Hall–Kier alpha value is -2.49. The van der Waals surface area contributed by atoms with E-state index in [1.807, 2.05) is 43.3 Å². The minimum absolute atomic E-state index is 0.0876. The van der Waals surface area contributed by atoms with Gasteiger partial charge in [0, 0.05) is 5.56 Å². The number of hydrogen-bond donors (Lipinski definition) is 1. The summed E-state index contributed by atoms with van der Waals surface area (Å²) in [6, 6.07) is 14.9. The largest absolute Gasteiger partial charge is 0.490 e. The summed E-state index contributed by atoms with van der Waals surface area (Å²) in [5.41, 5.74) is 1.64. The predicted molar refractivity (Wildman–Crippen MR) is 100 cm³/mol. The molecule has 0 heterocycles. The molecule has 0 bridgehead atoms. The SMILES string of the molecule is CCCOc1ccc([C@H](C)NC(=O)c2ccccc2)cc1OCCC. The van der Waals surface area contributed by atoms with Gasteiger partial charge < -0.3 is 14.8 Å². The quantitative estimate of drug-likeness (QED) is 0.715. The van der Waals surface area contributed by atoms with Crippen LogP contribution in [-0.2, 0) is 0 Å². The molecule has 0 saturated carbocycles. The molecule has 2 aromatic carbocycles. The number of carbonyl (C=O) groups is 1. The standard InChI is InChI=1S/C21H27NO3/c1-4-13-24-19-12-11-18(15-20(19)25-14-5-2)16(3)22-21(23)17-9-7-6-8-10-17/h6-12,15-16H,4-5,13-14H2,1-3H3,(H,22,23)/t16-/m0/s1. The maximum Gasteiger partial charge on any atom is 0.251 e. The first-order valence-corrected chi connectivity index (χ1v) is 8.91. The molecular formula is C21H27NO3. The number of nitrogens with one attached hydrogen (secondary N) is 1. The summed E-state index contributed by atoms with van der Waals surface area (Å²) >= 11 is 0. The van der Waals surface area contributed by atoms with Crippen molar-refractivity contribution in [3.05, 3.63) is 59.7 Å². The van der Waals surface area contributed by atoms with Crippen LogP contribution >= 0.6 is 0 Å². The van der Waals surface area contributed by atoms with Crippen LogP contribution in [0.1, 0.15) is 55.6 Å². The fourth-order valence-corrected chi connectivity index (χ4v) is 2.40. The number of amides is 1. The summed E-state index contributed by atoms with van der Waals surface area (Å²) in [5.74, 6) is 1.39. The second kappa shape index (κ2) is 9.72. The highest BCUT2D eigenvalue weighted by molar-refractivity contribution is 5.94. The van der Waals surface area contributed by atoms with Gasteiger partial charge in [-0.05, 0) is 49.6 Å². The molecule has 0 aliphatic rings. The molecule has 0 aliphatic carbocycles. The molecule has 4 nitrogen and oxygen atoms in total. The Morgan fingerprint density at radius 3 is 2.24 bits per heavy atom. The molecular weight excluding hydrogens is 314 g/mol. The molecule has 0 radical (unpaired) electrons. The highest BCUT2D eigenvalue weighted by Crippen LogP contribution is 2.31. The fraction of sp³-hybridized carbons (Fsp3) is 0.381. The zero-order valence-corrected chi connectivity index (χ0v) is 15.2. The Balaban J connectivity index is 2.12. The lowest BCUT2D eigenvalue weighted by molar-refractivity contribution is 0.0940. The van der Waals surface area contributed by atoms with Crippen molar-refractivity contribution in [2.24, 2.45) is 0 Å². The molecule has 0 aromatic heterocycles. The molecule has 0 unspecified atom stereocenters. The van der Waals surface area contributed by atoms with Gasteiger partial charge in [-0.25, -0.2) is 0 Å². The molecule has 25 heavy (non-hydrogen) atoms. The van der Waals surface area contributed by atoms with Crippen LogP contribution in [0.4, 0.5) is 0 Å².